The Balaban J connectivity index is 0.000000276. The summed E-state index contributed by atoms with van der Waals surface area (Å²) in [4.78, 5) is 13.5. The zero-order valence-corrected chi connectivity index (χ0v) is 17.1. The number of nitrogens with one attached hydrogen (secondary N) is 2. The summed E-state index contributed by atoms with van der Waals surface area (Å²) in [6.45, 7) is 14.0. The minimum absolute atomic E-state index is 0.0968. The van der Waals surface area contributed by atoms with Crippen LogP contribution in [-0.2, 0) is 4.79 Å². The Morgan fingerprint density at radius 2 is 1.85 bits per heavy atom. The van der Waals surface area contributed by atoms with Gasteiger partial charge < -0.3 is 15.0 Å². The van der Waals surface area contributed by atoms with Gasteiger partial charge in [-0.1, -0.05) is 38.5 Å². The lowest BCUT2D eigenvalue weighted by Gasteiger charge is -2.37. The first-order valence-electron chi connectivity index (χ1n) is 9.84. The Kier molecular flexibility index (Phi) is 10.9. The summed E-state index contributed by atoms with van der Waals surface area (Å²) in [5.41, 5.74) is 3.39. The number of fused-ring (bicyclic) bond motifs is 3. The fraction of sp³-hybridized carbons (Fsp3) is 0.524. The van der Waals surface area contributed by atoms with Crippen molar-refractivity contribution in [1.29, 1.82) is 0 Å². The number of hydrazone groups is 1. The predicted molar refractivity (Wildman–Crippen MR) is 113 cm³/mol. The second-order valence-corrected chi connectivity index (χ2v) is 6.03. The number of para-hydroxylation sites is 2. The van der Waals surface area contributed by atoms with Crippen molar-refractivity contribution >= 4 is 17.4 Å². The number of hydrogen-bond donors (Lipinski definition) is 2. The molecule has 1 aromatic rings. The quantitative estimate of drug-likeness (QED) is 0.680. The topological polar surface area (TPSA) is 66.0 Å². The van der Waals surface area contributed by atoms with Crippen molar-refractivity contribution in [1.82, 2.24) is 10.7 Å². The number of nitrogens with zero attached hydrogens (tertiary/aromatic N) is 2. The number of carbonyl (C=O) groups excluding carboxylic acids is 1. The van der Waals surface area contributed by atoms with Crippen molar-refractivity contribution in [2.75, 3.05) is 24.6 Å². The van der Waals surface area contributed by atoms with E-state index in [0.29, 0.717) is 6.61 Å². The summed E-state index contributed by atoms with van der Waals surface area (Å²) in [7, 11) is 0. The molecule has 0 saturated carbocycles. The van der Waals surface area contributed by atoms with Crippen LogP contribution in [0.1, 0.15) is 47.0 Å². The molecule has 3 aliphatic heterocycles. The molecular weight excluding hydrogens is 340 g/mol. The van der Waals surface area contributed by atoms with Gasteiger partial charge in [0.05, 0.1) is 5.69 Å². The van der Waals surface area contributed by atoms with Gasteiger partial charge in [-0.05, 0) is 51.9 Å². The summed E-state index contributed by atoms with van der Waals surface area (Å²) in [5, 5.41) is 7.28. The molecule has 0 unspecified atom stereocenters. The van der Waals surface area contributed by atoms with Crippen molar-refractivity contribution in [2.24, 2.45) is 5.10 Å². The number of piperidine rings is 1. The molecule has 4 rings (SSSR count). The smallest absolute Gasteiger partial charge is 0.262 e. The van der Waals surface area contributed by atoms with Gasteiger partial charge in [0.2, 0.25) is 0 Å². The molecule has 27 heavy (non-hydrogen) atoms. The number of ether oxygens (including phenoxy) is 1. The molecule has 0 bridgehead atoms. The van der Waals surface area contributed by atoms with Crippen LogP contribution < -0.4 is 20.4 Å². The first-order valence-corrected chi connectivity index (χ1v) is 9.84. The van der Waals surface area contributed by atoms with Crippen molar-refractivity contribution in [3.63, 3.8) is 0 Å². The SMILES string of the molecule is C1CCNCC1.C=CC.CC.C[C@@H]1C(=O)NN=C2COc3ccccc3N21. The third kappa shape index (κ3) is 6.71. The lowest BCUT2D eigenvalue weighted by molar-refractivity contribution is -0.122. The summed E-state index contributed by atoms with van der Waals surface area (Å²) in [5.74, 6) is 1.44. The molecular formula is C21H34N4O2. The fourth-order valence-corrected chi connectivity index (χ4v) is 2.78. The van der Waals surface area contributed by atoms with E-state index < -0.39 is 0 Å². The van der Waals surface area contributed by atoms with Crippen molar-refractivity contribution in [3.05, 3.63) is 36.9 Å². The number of amides is 1. The van der Waals surface area contributed by atoms with Crippen LogP contribution in [0.25, 0.3) is 0 Å². The maximum absolute atomic E-state index is 11.6. The maximum Gasteiger partial charge on any atom is 0.262 e. The van der Waals surface area contributed by atoms with Crippen molar-refractivity contribution < 1.29 is 9.53 Å². The van der Waals surface area contributed by atoms with Crippen LogP contribution in [0, 0.1) is 0 Å². The molecule has 1 atom stereocenters. The van der Waals surface area contributed by atoms with Crippen molar-refractivity contribution in [2.45, 2.75) is 53.0 Å². The minimum atomic E-state index is -0.252. The number of carbonyl (C=O) groups is 1. The molecule has 2 N–H and O–H groups in total. The van der Waals surface area contributed by atoms with E-state index in [1.807, 2.05) is 56.9 Å². The average Bonchev–Trinajstić information content (AvgIpc) is 2.74. The summed E-state index contributed by atoms with van der Waals surface area (Å²) < 4.78 is 5.55. The summed E-state index contributed by atoms with van der Waals surface area (Å²) in [6.07, 6.45) is 5.97. The molecule has 1 saturated heterocycles. The normalized spacial score (nSPS) is 19.4. The maximum atomic E-state index is 11.6. The Hall–Kier alpha value is -2.34. The Morgan fingerprint density at radius 1 is 1.22 bits per heavy atom. The number of anilines is 1. The molecule has 0 radical (unpaired) electrons. The molecule has 1 amide bonds. The molecule has 0 aliphatic carbocycles. The zero-order chi connectivity index (χ0) is 20.1. The largest absolute Gasteiger partial charge is 0.483 e. The monoisotopic (exact) mass is 374 g/mol. The summed E-state index contributed by atoms with van der Waals surface area (Å²) >= 11 is 0. The average molecular weight is 375 g/mol. The highest BCUT2D eigenvalue weighted by Gasteiger charge is 2.34. The second kappa shape index (κ2) is 12.9. The molecule has 1 fully saturated rings. The van der Waals surface area contributed by atoms with E-state index in [2.05, 4.69) is 22.4 Å². The highest BCUT2D eigenvalue weighted by molar-refractivity contribution is 6.09. The van der Waals surface area contributed by atoms with Crippen LogP contribution in [0.4, 0.5) is 5.69 Å². The van der Waals surface area contributed by atoms with Gasteiger partial charge in [0.15, 0.2) is 5.84 Å². The highest BCUT2D eigenvalue weighted by atomic mass is 16.5. The van der Waals surface area contributed by atoms with Crippen LogP contribution >= 0.6 is 0 Å². The lowest BCUT2D eigenvalue weighted by Crippen LogP contribution is -2.55. The van der Waals surface area contributed by atoms with E-state index in [1.54, 1.807) is 6.08 Å². The Labute approximate surface area is 163 Å². The number of allylic oxidation sites excluding steroid dienone is 1. The van der Waals surface area contributed by atoms with Crippen LogP contribution in [0.2, 0.25) is 0 Å². The second-order valence-electron chi connectivity index (χ2n) is 6.03. The van der Waals surface area contributed by atoms with Gasteiger partial charge in [0, 0.05) is 0 Å². The van der Waals surface area contributed by atoms with E-state index in [9.17, 15) is 4.79 Å². The number of rotatable bonds is 0. The van der Waals surface area contributed by atoms with E-state index in [4.69, 9.17) is 4.74 Å². The molecule has 6 nitrogen and oxygen atoms in total. The van der Waals surface area contributed by atoms with Gasteiger partial charge in [-0.2, -0.15) is 5.10 Å². The highest BCUT2D eigenvalue weighted by Crippen LogP contribution is 2.33. The molecule has 0 aromatic heterocycles. The molecule has 1 aromatic carbocycles. The Morgan fingerprint density at radius 3 is 2.41 bits per heavy atom. The molecule has 0 spiro atoms. The first-order chi connectivity index (χ1) is 13.2. The van der Waals surface area contributed by atoms with E-state index >= 15 is 0 Å². The molecule has 3 heterocycles. The van der Waals surface area contributed by atoms with Crippen LogP contribution in [0.5, 0.6) is 5.75 Å². The standard InChI is InChI=1S/C11H11N3O2.C5H11N.C3H6.C2H6/c1-7-11(15)13-12-10-6-16-9-5-3-2-4-8(9)14(7)10;1-2-4-6-5-3-1;1-3-2;1-2/h2-5,7H,6H2,1H3,(H,13,15);6H,1-5H2;3H,1H2,2H3;1-2H3/t7-;;;/m1.../s1. The third-order valence-corrected chi connectivity index (χ3v) is 4.03. The minimum Gasteiger partial charge on any atom is -0.483 e. The van der Waals surface area contributed by atoms with Crippen LogP contribution in [0.15, 0.2) is 42.0 Å². The van der Waals surface area contributed by atoms with E-state index in [-0.39, 0.29) is 11.9 Å². The molecule has 6 heteroatoms. The predicted octanol–water partition coefficient (Wildman–Crippen LogP) is 3.70. The summed E-state index contributed by atoms with van der Waals surface area (Å²) in [6, 6.07) is 7.40. The number of amidine groups is 1. The van der Waals surface area contributed by atoms with Crippen LogP contribution in [-0.4, -0.2) is 37.5 Å². The fourth-order valence-electron chi connectivity index (χ4n) is 2.78. The number of benzene rings is 1. The van der Waals surface area contributed by atoms with Gasteiger partial charge >= 0.3 is 0 Å². The van der Waals surface area contributed by atoms with Crippen molar-refractivity contribution in [3.8, 4) is 5.75 Å². The molecule has 3 aliphatic rings. The lowest BCUT2D eigenvalue weighted by atomic mass is 10.1. The van der Waals surface area contributed by atoms with Gasteiger partial charge in [0.25, 0.3) is 5.91 Å². The van der Waals surface area contributed by atoms with Gasteiger partial charge in [0.1, 0.15) is 18.4 Å². The Bertz CT molecular complexity index is 600. The van der Waals surface area contributed by atoms with Crippen LogP contribution in [0.3, 0.4) is 0 Å². The van der Waals surface area contributed by atoms with Gasteiger partial charge in [-0.3, -0.25) is 4.79 Å². The zero-order valence-electron chi connectivity index (χ0n) is 17.1. The van der Waals surface area contributed by atoms with Gasteiger partial charge in [-0.15, -0.1) is 6.58 Å². The van der Waals surface area contributed by atoms with E-state index in [1.165, 1.54) is 32.4 Å². The first kappa shape index (κ1) is 22.7. The molecule has 150 valence electrons. The number of hydrogen-bond acceptors (Lipinski definition) is 5. The third-order valence-electron chi connectivity index (χ3n) is 4.03. The van der Waals surface area contributed by atoms with E-state index in [0.717, 1.165) is 17.3 Å². The van der Waals surface area contributed by atoms with Gasteiger partial charge in [-0.25, -0.2) is 5.43 Å².